The van der Waals surface area contributed by atoms with Crippen LogP contribution in [-0.2, 0) is 14.4 Å². The third kappa shape index (κ3) is 4.00. The van der Waals surface area contributed by atoms with Gasteiger partial charge in [-0.2, -0.15) is 0 Å². The van der Waals surface area contributed by atoms with E-state index in [1.807, 2.05) is 4.90 Å². The van der Waals surface area contributed by atoms with Gasteiger partial charge in [0.2, 0.25) is 17.7 Å². The third-order valence-corrected chi connectivity index (χ3v) is 3.46. The van der Waals surface area contributed by atoms with Gasteiger partial charge in [-0.1, -0.05) is 0 Å². The standard InChI is InChI=1S/C12H20N4O3/c13-9-3-5-15(6-9)7-10(17)14-11(18)8-16-4-1-2-12(16)19/h9H,1-8,13H2,(H,14,17,18)/t9-/m0/s1. The quantitative estimate of drug-likeness (QED) is 0.632. The van der Waals surface area contributed by atoms with Crippen molar-refractivity contribution in [3.8, 4) is 0 Å². The molecule has 7 nitrogen and oxygen atoms in total. The molecule has 0 aromatic rings. The summed E-state index contributed by atoms with van der Waals surface area (Å²) >= 11 is 0. The molecule has 0 radical (unpaired) electrons. The molecule has 0 aromatic heterocycles. The lowest BCUT2D eigenvalue weighted by atomic mass is 10.3. The zero-order valence-electron chi connectivity index (χ0n) is 10.9. The van der Waals surface area contributed by atoms with Crippen molar-refractivity contribution in [2.75, 3.05) is 32.7 Å². The lowest BCUT2D eigenvalue weighted by molar-refractivity contribution is -0.136. The van der Waals surface area contributed by atoms with Gasteiger partial charge in [-0.05, 0) is 12.8 Å². The molecule has 3 N–H and O–H groups in total. The summed E-state index contributed by atoms with van der Waals surface area (Å²) in [6.45, 7) is 2.23. The number of imide groups is 1. The Morgan fingerprint density at radius 3 is 2.58 bits per heavy atom. The highest BCUT2D eigenvalue weighted by Crippen LogP contribution is 2.08. The van der Waals surface area contributed by atoms with E-state index in [0.717, 1.165) is 19.4 Å². The lowest BCUT2D eigenvalue weighted by Crippen LogP contribution is -2.44. The molecule has 2 heterocycles. The van der Waals surface area contributed by atoms with Crippen molar-refractivity contribution in [3.05, 3.63) is 0 Å². The summed E-state index contributed by atoms with van der Waals surface area (Å²) in [4.78, 5) is 38.0. The number of rotatable bonds is 4. The molecule has 2 saturated heterocycles. The van der Waals surface area contributed by atoms with E-state index in [9.17, 15) is 14.4 Å². The maximum Gasteiger partial charge on any atom is 0.246 e. The number of nitrogens with zero attached hydrogens (tertiary/aromatic N) is 2. The Morgan fingerprint density at radius 2 is 2.00 bits per heavy atom. The maximum atomic E-state index is 11.7. The zero-order chi connectivity index (χ0) is 13.8. The Bertz CT molecular complexity index is 385. The molecule has 3 amide bonds. The Morgan fingerprint density at radius 1 is 1.26 bits per heavy atom. The number of nitrogens with two attached hydrogens (primary N) is 1. The van der Waals surface area contributed by atoms with E-state index >= 15 is 0 Å². The molecule has 1 atom stereocenters. The van der Waals surface area contributed by atoms with Gasteiger partial charge in [0.25, 0.3) is 0 Å². The van der Waals surface area contributed by atoms with Crippen LogP contribution in [0.2, 0.25) is 0 Å². The molecule has 2 rings (SSSR count). The van der Waals surface area contributed by atoms with Crippen LogP contribution < -0.4 is 11.1 Å². The van der Waals surface area contributed by atoms with Gasteiger partial charge < -0.3 is 10.6 Å². The number of carbonyl (C=O) groups is 3. The van der Waals surface area contributed by atoms with Gasteiger partial charge in [0.15, 0.2) is 0 Å². The SMILES string of the molecule is N[C@H]1CCN(CC(=O)NC(=O)CN2CCCC2=O)C1. The largest absolute Gasteiger partial charge is 0.333 e. The first kappa shape index (κ1) is 14.0. The molecule has 0 spiro atoms. The summed E-state index contributed by atoms with van der Waals surface area (Å²) in [7, 11) is 0. The van der Waals surface area contributed by atoms with Gasteiger partial charge in [-0.3, -0.25) is 24.6 Å². The molecule has 2 aliphatic rings. The average molecular weight is 268 g/mol. The Hall–Kier alpha value is -1.47. The molecular formula is C12H20N4O3. The second kappa shape index (κ2) is 6.12. The molecule has 2 aliphatic heterocycles. The van der Waals surface area contributed by atoms with Gasteiger partial charge in [0.05, 0.1) is 13.1 Å². The number of likely N-dealkylation sites (tertiary alicyclic amines) is 2. The van der Waals surface area contributed by atoms with Crippen LogP contribution in [0.5, 0.6) is 0 Å². The van der Waals surface area contributed by atoms with Crippen LogP contribution >= 0.6 is 0 Å². The first-order valence-electron chi connectivity index (χ1n) is 6.63. The van der Waals surface area contributed by atoms with Gasteiger partial charge in [-0.25, -0.2) is 0 Å². The van der Waals surface area contributed by atoms with Crippen LogP contribution in [0, 0.1) is 0 Å². The number of amides is 3. The maximum absolute atomic E-state index is 11.7. The summed E-state index contributed by atoms with van der Waals surface area (Å²) in [5.74, 6) is -0.761. The average Bonchev–Trinajstić information content (AvgIpc) is 2.89. The second-order valence-corrected chi connectivity index (χ2v) is 5.17. The lowest BCUT2D eigenvalue weighted by Gasteiger charge is -2.16. The predicted molar refractivity (Wildman–Crippen MR) is 68.0 cm³/mol. The highest BCUT2D eigenvalue weighted by molar-refractivity contribution is 5.98. The molecule has 0 saturated carbocycles. The number of carbonyl (C=O) groups excluding carboxylic acids is 3. The first-order chi connectivity index (χ1) is 9.04. The fourth-order valence-electron chi connectivity index (χ4n) is 2.49. The van der Waals surface area contributed by atoms with Crippen molar-refractivity contribution in [1.29, 1.82) is 0 Å². The van der Waals surface area contributed by atoms with Crippen LogP contribution in [0.1, 0.15) is 19.3 Å². The van der Waals surface area contributed by atoms with Crippen molar-refractivity contribution >= 4 is 17.7 Å². The van der Waals surface area contributed by atoms with Crippen molar-refractivity contribution in [2.45, 2.75) is 25.3 Å². The normalized spacial score (nSPS) is 23.9. The summed E-state index contributed by atoms with van der Waals surface area (Å²) in [6.07, 6.45) is 2.15. The summed E-state index contributed by atoms with van der Waals surface area (Å²) < 4.78 is 0. The molecule has 2 fully saturated rings. The molecule has 0 bridgehead atoms. The third-order valence-electron chi connectivity index (χ3n) is 3.46. The minimum absolute atomic E-state index is 0.0203. The summed E-state index contributed by atoms with van der Waals surface area (Å²) in [6, 6.07) is 0.116. The van der Waals surface area contributed by atoms with Crippen LogP contribution in [0.15, 0.2) is 0 Å². The minimum Gasteiger partial charge on any atom is -0.333 e. The van der Waals surface area contributed by atoms with Crippen LogP contribution in [0.3, 0.4) is 0 Å². The Kier molecular flexibility index (Phi) is 4.49. The number of nitrogens with one attached hydrogen (secondary N) is 1. The molecule has 0 unspecified atom stereocenters. The zero-order valence-corrected chi connectivity index (χ0v) is 10.9. The summed E-state index contributed by atoms with van der Waals surface area (Å²) in [5, 5.41) is 2.31. The van der Waals surface area contributed by atoms with E-state index in [1.165, 1.54) is 4.90 Å². The topological polar surface area (TPSA) is 95.7 Å². The van der Waals surface area contributed by atoms with Gasteiger partial charge >= 0.3 is 0 Å². The predicted octanol–water partition coefficient (Wildman–Crippen LogP) is -1.72. The molecule has 0 aliphatic carbocycles. The molecule has 106 valence electrons. The van der Waals surface area contributed by atoms with E-state index in [-0.39, 0.29) is 30.9 Å². The monoisotopic (exact) mass is 268 g/mol. The highest BCUT2D eigenvalue weighted by Gasteiger charge is 2.24. The number of hydrogen-bond acceptors (Lipinski definition) is 5. The van der Waals surface area contributed by atoms with Crippen molar-refractivity contribution in [3.63, 3.8) is 0 Å². The fraction of sp³-hybridized carbons (Fsp3) is 0.750. The molecule has 7 heteroatoms. The van der Waals surface area contributed by atoms with Gasteiger partial charge in [0, 0.05) is 32.1 Å². The smallest absolute Gasteiger partial charge is 0.246 e. The minimum atomic E-state index is -0.413. The van der Waals surface area contributed by atoms with Crippen LogP contribution in [0.25, 0.3) is 0 Å². The Balaban J connectivity index is 1.69. The van der Waals surface area contributed by atoms with E-state index in [4.69, 9.17) is 5.73 Å². The van der Waals surface area contributed by atoms with Crippen molar-refractivity contribution < 1.29 is 14.4 Å². The van der Waals surface area contributed by atoms with E-state index in [1.54, 1.807) is 0 Å². The van der Waals surface area contributed by atoms with Gasteiger partial charge in [-0.15, -0.1) is 0 Å². The van der Waals surface area contributed by atoms with Crippen LogP contribution in [-0.4, -0.2) is 66.3 Å². The van der Waals surface area contributed by atoms with E-state index in [2.05, 4.69) is 5.32 Å². The first-order valence-corrected chi connectivity index (χ1v) is 6.63. The molecule has 19 heavy (non-hydrogen) atoms. The van der Waals surface area contributed by atoms with Crippen molar-refractivity contribution in [2.24, 2.45) is 5.73 Å². The number of hydrogen-bond donors (Lipinski definition) is 2. The fourth-order valence-corrected chi connectivity index (χ4v) is 2.49. The van der Waals surface area contributed by atoms with E-state index in [0.29, 0.717) is 19.5 Å². The molecular weight excluding hydrogens is 248 g/mol. The van der Waals surface area contributed by atoms with Crippen molar-refractivity contribution in [1.82, 2.24) is 15.1 Å². The second-order valence-electron chi connectivity index (χ2n) is 5.17. The summed E-state index contributed by atoms with van der Waals surface area (Å²) in [5.41, 5.74) is 5.74. The van der Waals surface area contributed by atoms with Crippen LogP contribution in [0.4, 0.5) is 0 Å². The molecule has 0 aromatic carbocycles. The Labute approximate surface area is 112 Å². The van der Waals surface area contributed by atoms with E-state index < -0.39 is 5.91 Å². The van der Waals surface area contributed by atoms with Gasteiger partial charge in [0.1, 0.15) is 0 Å². The highest BCUT2D eigenvalue weighted by atomic mass is 16.2.